The van der Waals surface area contributed by atoms with Crippen LogP contribution in [0.25, 0.3) is 0 Å². The van der Waals surface area contributed by atoms with Gasteiger partial charge in [0.05, 0.1) is 24.0 Å². The van der Waals surface area contributed by atoms with E-state index in [9.17, 15) is 4.79 Å². The van der Waals surface area contributed by atoms with Crippen molar-refractivity contribution in [3.63, 3.8) is 0 Å². The van der Waals surface area contributed by atoms with Crippen LogP contribution < -0.4 is 15.4 Å². The number of carbonyl (C=O) groups is 1. The molecule has 0 saturated carbocycles. The van der Waals surface area contributed by atoms with Gasteiger partial charge in [-0.2, -0.15) is 0 Å². The number of carbonyl (C=O) groups excluding carboxylic acids is 1. The maximum Gasteiger partial charge on any atom is 0.257 e. The molecule has 1 heterocycles. The number of nitrogens with zero attached hydrogens (tertiary/aromatic N) is 1. The molecule has 0 unspecified atom stereocenters. The summed E-state index contributed by atoms with van der Waals surface area (Å²) in [5.41, 5.74) is 1.12. The zero-order valence-corrected chi connectivity index (χ0v) is 14.2. The molecule has 0 aliphatic heterocycles. The first kappa shape index (κ1) is 17.7. The zero-order chi connectivity index (χ0) is 17.4. The van der Waals surface area contributed by atoms with Crippen LogP contribution in [0.15, 0.2) is 42.6 Å². The Hall–Kier alpha value is -2.60. The van der Waals surface area contributed by atoms with E-state index in [1.54, 1.807) is 19.2 Å². The summed E-state index contributed by atoms with van der Waals surface area (Å²) in [5, 5.41) is 5.96. The molecule has 0 aliphatic carbocycles. The molecule has 6 heteroatoms. The van der Waals surface area contributed by atoms with Crippen LogP contribution in [0.3, 0.4) is 0 Å². The lowest BCUT2D eigenvalue weighted by Crippen LogP contribution is -2.15. The molecule has 2 aromatic rings. The third-order valence-corrected chi connectivity index (χ3v) is 3.14. The van der Waals surface area contributed by atoms with Gasteiger partial charge in [-0.3, -0.25) is 4.79 Å². The Morgan fingerprint density at radius 2 is 2.00 bits per heavy atom. The summed E-state index contributed by atoms with van der Waals surface area (Å²) < 4.78 is 10.7. The largest absolute Gasteiger partial charge is 0.489 e. The van der Waals surface area contributed by atoms with Crippen molar-refractivity contribution >= 4 is 17.4 Å². The number of para-hydroxylation sites is 2. The van der Waals surface area contributed by atoms with E-state index < -0.39 is 0 Å². The highest BCUT2D eigenvalue weighted by Crippen LogP contribution is 2.25. The Balaban J connectivity index is 2.02. The highest BCUT2D eigenvalue weighted by molar-refractivity contribution is 6.04. The number of benzene rings is 1. The van der Waals surface area contributed by atoms with Crippen molar-refractivity contribution in [2.45, 2.75) is 20.0 Å². The summed E-state index contributed by atoms with van der Waals surface area (Å²) in [6.45, 7) is 5.14. The third-order valence-electron chi connectivity index (χ3n) is 3.14. The topological polar surface area (TPSA) is 72.5 Å². The van der Waals surface area contributed by atoms with E-state index >= 15 is 0 Å². The third kappa shape index (κ3) is 5.24. The zero-order valence-electron chi connectivity index (χ0n) is 14.2. The predicted octanol–water partition coefficient (Wildman–Crippen LogP) is 3.18. The van der Waals surface area contributed by atoms with Crippen LogP contribution in [0, 0.1) is 0 Å². The van der Waals surface area contributed by atoms with E-state index in [1.807, 2.05) is 38.1 Å². The van der Waals surface area contributed by atoms with Crippen molar-refractivity contribution in [2.75, 3.05) is 30.9 Å². The van der Waals surface area contributed by atoms with Crippen molar-refractivity contribution < 1.29 is 14.3 Å². The number of aromatic nitrogens is 1. The fraction of sp³-hybridized carbons (Fsp3) is 0.333. The van der Waals surface area contributed by atoms with Crippen LogP contribution in [0.2, 0.25) is 0 Å². The summed E-state index contributed by atoms with van der Waals surface area (Å²) in [7, 11) is 1.64. The monoisotopic (exact) mass is 329 g/mol. The van der Waals surface area contributed by atoms with Gasteiger partial charge in [-0.05, 0) is 38.1 Å². The molecular weight excluding hydrogens is 306 g/mol. The molecule has 128 valence electrons. The second kappa shape index (κ2) is 8.88. The minimum atomic E-state index is -0.231. The van der Waals surface area contributed by atoms with Gasteiger partial charge in [-0.1, -0.05) is 12.1 Å². The molecule has 6 nitrogen and oxygen atoms in total. The molecule has 24 heavy (non-hydrogen) atoms. The van der Waals surface area contributed by atoms with Gasteiger partial charge in [0, 0.05) is 19.9 Å². The molecule has 2 rings (SSSR count). The van der Waals surface area contributed by atoms with Gasteiger partial charge in [0.1, 0.15) is 11.6 Å². The standard InChI is InChI=1S/C18H23N3O3/c1-13(2)24-16-7-5-4-6-15(16)21-18(22)14-8-9-17(20-12-14)19-10-11-23-3/h4-9,12-13H,10-11H2,1-3H3,(H,19,20)(H,21,22). The van der Waals surface area contributed by atoms with E-state index in [0.29, 0.717) is 36.0 Å². The van der Waals surface area contributed by atoms with Crippen LogP contribution in [0.4, 0.5) is 11.5 Å². The first-order valence-electron chi connectivity index (χ1n) is 7.86. The maximum atomic E-state index is 12.4. The molecule has 0 saturated heterocycles. The first-order chi connectivity index (χ1) is 11.6. The number of rotatable bonds is 8. The Kier molecular flexibility index (Phi) is 6.57. The van der Waals surface area contributed by atoms with E-state index in [1.165, 1.54) is 6.20 Å². The molecule has 2 N–H and O–H groups in total. The van der Waals surface area contributed by atoms with Crippen molar-refractivity contribution in [3.8, 4) is 5.75 Å². The lowest BCUT2D eigenvalue weighted by Gasteiger charge is -2.14. The van der Waals surface area contributed by atoms with Crippen LogP contribution in [-0.2, 0) is 4.74 Å². The van der Waals surface area contributed by atoms with E-state index in [4.69, 9.17) is 9.47 Å². The van der Waals surface area contributed by atoms with Crippen molar-refractivity contribution in [1.29, 1.82) is 0 Å². The molecule has 0 fully saturated rings. The molecule has 1 amide bonds. The number of methoxy groups -OCH3 is 1. The Morgan fingerprint density at radius 3 is 2.67 bits per heavy atom. The van der Waals surface area contributed by atoms with Gasteiger partial charge in [0.2, 0.25) is 0 Å². The summed E-state index contributed by atoms with van der Waals surface area (Å²) >= 11 is 0. The fourth-order valence-corrected chi connectivity index (χ4v) is 2.04. The molecule has 1 aromatic carbocycles. The second-order valence-corrected chi connectivity index (χ2v) is 5.47. The van der Waals surface area contributed by atoms with Crippen LogP contribution >= 0.6 is 0 Å². The molecular formula is C18H23N3O3. The van der Waals surface area contributed by atoms with Gasteiger partial charge in [0.25, 0.3) is 5.91 Å². The fourth-order valence-electron chi connectivity index (χ4n) is 2.04. The van der Waals surface area contributed by atoms with Gasteiger partial charge in [-0.15, -0.1) is 0 Å². The molecule has 1 aromatic heterocycles. The van der Waals surface area contributed by atoms with E-state index in [0.717, 1.165) is 0 Å². The summed E-state index contributed by atoms with van der Waals surface area (Å²) in [6, 6.07) is 10.9. The highest BCUT2D eigenvalue weighted by atomic mass is 16.5. The molecule has 0 spiro atoms. The average Bonchev–Trinajstić information content (AvgIpc) is 2.57. The number of pyridine rings is 1. The molecule has 0 aliphatic rings. The van der Waals surface area contributed by atoms with Crippen molar-refractivity contribution in [1.82, 2.24) is 4.98 Å². The van der Waals surface area contributed by atoms with E-state index in [2.05, 4.69) is 15.6 Å². The van der Waals surface area contributed by atoms with Crippen molar-refractivity contribution in [2.24, 2.45) is 0 Å². The second-order valence-electron chi connectivity index (χ2n) is 5.47. The maximum absolute atomic E-state index is 12.4. The van der Waals surface area contributed by atoms with Crippen LogP contribution in [-0.4, -0.2) is 37.3 Å². The quantitative estimate of drug-likeness (QED) is 0.728. The summed E-state index contributed by atoms with van der Waals surface area (Å²) in [5.74, 6) is 1.12. The molecule has 0 bridgehead atoms. The number of hydrogen-bond donors (Lipinski definition) is 2. The van der Waals surface area contributed by atoms with Gasteiger partial charge < -0.3 is 20.1 Å². The first-order valence-corrected chi connectivity index (χ1v) is 7.86. The number of nitrogens with one attached hydrogen (secondary N) is 2. The number of anilines is 2. The molecule has 0 atom stereocenters. The Morgan fingerprint density at radius 1 is 1.21 bits per heavy atom. The number of hydrogen-bond acceptors (Lipinski definition) is 5. The lowest BCUT2D eigenvalue weighted by molar-refractivity contribution is 0.102. The summed E-state index contributed by atoms with van der Waals surface area (Å²) in [4.78, 5) is 16.6. The van der Waals surface area contributed by atoms with E-state index in [-0.39, 0.29) is 12.0 Å². The SMILES string of the molecule is COCCNc1ccc(C(=O)Nc2ccccc2OC(C)C)cn1. The predicted molar refractivity (Wildman–Crippen MR) is 94.8 cm³/mol. The smallest absolute Gasteiger partial charge is 0.257 e. The van der Waals surface area contributed by atoms with Gasteiger partial charge >= 0.3 is 0 Å². The average molecular weight is 329 g/mol. The highest BCUT2D eigenvalue weighted by Gasteiger charge is 2.11. The molecule has 0 radical (unpaired) electrons. The minimum Gasteiger partial charge on any atom is -0.489 e. The van der Waals surface area contributed by atoms with Crippen LogP contribution in [0.5, 0.6) is 5.75 Å². The van der Waals surface area contributed by atoms with Crippen molar-refractivity contribution in [3.05, 3.63) is 48.2 Å². The Labute approximate surface area is 142 Å². The number of ether oxygens (including phenoxy) is 2. The van der Waals surface area contributed by atoms with Gasteiger partial charge in [-0.25, -0.2) is 4.98 Å². The van der Waals surface area contributed by atoms with Crippen LogP contribution in [0.1, 0.15) is 24.2 Å². The normalized spacial score (nSPS) is 10.5. The summed E-state index contributed by atoms with van der Waals surface area (Å²) in [6.07, 6.45) is 1.57. The van der Waals surface area contributed by atoms with Gasteiger partial charge in [0.15, 0.2) is 0 Å². The Bertz CT molecular complexity index is 657. The lowest BCUT2D eigenvalue weighted by atomic mass is 10.2. The number of amides is 1. The minimum absolute atomic E-state index is 0.0298.